The van der Waals surface area contributed by atoms with Crippen molar-refractivity contribution >= 4 is 29.1 Å². The first kappa shape index (κ1) is 26.7. The van der Waals surface area contributed by atoms with Crippen LogP contribution in [0.2, 0.25) is 0 Å². The molecule has 0 saturated carbocycles. The highest BCUT2D eigenvalue weighted by molar-refractivity contribution is 6.07. The highest BCUT2D eigenvalue weighted by Crippen LogP contribution is 2.28. The van der Waals surface area contributed by atoms with Gasteiger partial charge in [0.1, 0.15) is 11.5 Å². The number of hydrogen-bond acceptors (Lipinski definition) is 5. The predicted octanol–water partition coefficient (Wildman–Crippen LogP) is 4.80. The van der Waals surface area contributed by atoms with E-state index in [0.29, 0.717) is 31.0 Å². The third-order valence-corrected chi connectivity index (χ3v) is 6.23. The molecule has 1 saturated heterocycles. The molecule has 1 aliphatic heterocycles. The van der Waals surface area contributed by atoms with Gasteiger partial charge in [-0.3, -0.25) is 14.4 Å². The minimum absolute atomic E-state index is 0.103. The Morgan fingerprint density at radius 2 is 1.61 bits per heavy atom. The number of benzene rings is 3. The summed E-state index contributed by atoms with van der Waals surface area (Å²) in [5.74, 6) is 0.276. The molecule has 3 amide bonds. The second-order valence-electron chi connectivity index (χ2n) is 9.04. The Balaban J connectivity index is 1.36. The van der Waals surface area contributed by atoms with Crippen LogP contribution in [0, 0.1) is 5.92 Å². The summed E-state index contributed by atoms with van der Waals surface area (Å²) in [5, 5.41) is 5.76. The summed E-state index contributed by atoms with van der Waals surface area (Å²) >= 11 is 0. The zero-order valence-electron chi connectivity index (χ0n) is 21.7. The second kappa shape index (κ2) is 12.8. The van der Waals surface area contributed by atoms with Crippen LogP contribution < -0.4 is 25.0 Å². The molecule has 1 fully saturated rings. The maximum atomic E-state index is 13.1. The van der Waals surface area contributed by atoms with E-state index in [2.05, 4.69) is 10.6 Å². The average Bonchev–Trinajstić information content (AvgIpc) is 3.33. The molecule has 38 heavy (non-hydrogen) atoms. The average molecular weight is 516 g/mol. The first-order chi connectivity index (χ1) is 18.5. The fourth-order valence-corrected chi connectivity index (χ4v) is 4.25. The summed E-state index contributed by atoms with van der Waals surface area (Å²) in [6, 6.07) is 21.7. The molecule has 2 N–H and O–H groups in total. The Labute approximate surface area is 222 Å². The molecule has 3 aromatic carbocycles. The van der Waals surface area contributed by atoms with E-state index in [0.717, 1.165) is 29.2 Å². The quantitative estimate of drug-likeness (QED) is 0.383. The van der Waals surface area contributed by atoms with Gasteiger partial charge in [-0.2, -0.15) is 0 Å². The minimum atomic E-state index is -0.529. The molecule has 0 aliphatic carbocycles. The molecule has 8 nitrogen and oxygen atoms in total. The van der Waals surface area contributed by atoms with E-state index >= 15 is 0 Å². The van der Waals surface area contributed by atoms with E-state index in [4.69, 9.17) is 9.47 Å². The fourth-order valence-electron chi connectivity index (χ4n) is 4.25. The molecular formula is C30H33N3O5. The maximum absolute atomic E-state index is 13.1. The van der Waals surface area contributed by atoms with Gasteiger partial charge in [-0.15, -0.1) is 0 Å². The molecule has 1 atom stereocenters. The molecule has 3 aromatic rings. The van der Waals surface area contributed by atoms with Crippen molar-refractivity contribution in [3.05, 3.63) is 83.9 Å². The standard InChI is InChI=1S/C30H33N3O5/c1-3-17-38-25-15-11-23(12-16-25)33-20-22(18-28(33)34)29(35)32-27-8-6-5-7-26(27)30(36)31-19-21-9-13-24(14-10-21)37-4-2/h5-16,22H,3-4,17-20H2,1-2H3,(H,31,36)(H,32,35)/t22-/m0/s1. The number of anilines is 2. The van der Waals surface area contributed by atoms with Crippen molar-refractivity contribution in [3.63, 3.8) is 0 Å². The Kier molecular flexibility index (Phi) is 8.98. The van der Waals surface area contributed by atoms with Crippen LogP contribution in [-0.2, 0) is 16.1 Å². The topological polar surface area (TPSA) is 97.0 Å². The molecule has 1 aliphatic rings. The van der Waals surface area contributed by atoms with Crippen LogP contribution in [0.1, 0.15) is 42.6 Å². The number of rotatable bonds is 11. The summed E-state index contributed by atoms with van der Waals surface area (Å²) < 4.78 is 11.1. The first-order valence-electron chi connectivity index (χ1n) is 12.9. The van der Waals surface area contributed by atoms with Crippen molar-refractivity contribution in [3.8, 4) is 11.5 Å². The molecule has 0 bridgehead atoms. The van der Waals surface area contributed by atoms with Gasteiger partial charge in [0.2, 0.25) is 11.8 Å². The van der Waals surface area contributed by atoms with Gasteiger partial charge < -0.3 is 25.0 Å². The van der Waals surface area contributed by atoms with Crippen LogP contribution in [0.15, 0.2) is 72.8 Å². The monoisotopic (exact) mass is 515 g/mol. The molecule has 0 unspecified atom stereocenters. The molecule has 0 spiro atoms. The number of carbonyl (C=O) groups is 3. The van der Waals surface area contributed by atoms with Crippen molar-refractivity contribution in [2.45, 2.75) is 33.2 Å². The largest absolute Gasteiger partial charge is 0.494 e. The summed E-state index contributed by atoms with van der Waals surface area (Å²) in [5.41, 5.74) is 2.42. The van der Waals surface area contributed by atoms with Crippen LogP contribution in [0.5, 0.6) is 11.5 Å². The molecular weight excluding hydrogens is 482 g/mol. The summed E-state index contributed by atoms with van der Waals surface area (Å²) in [6.07, 6.45) is 1.02. The lowest BCUT2D eigenvalue weighted by molar-refractivity contribution is -0.122. The van der Waals surface area contributed by atoms with E-state index in [9.17, 15) is 14.4 Å². The number of nitrogens with one attached hydrogen (secondary N) is 2. The summed E-state index contributed by atoms with van der Waals surface area (Å²) in [7, 11) is 0. The normalized spacial score (nSPS) is 14.7. The highest BCUT2D eigenvalue weighted by Gasteiger charge is 2.35. The Bertz CT molecular complexity index is 1260. The third-order valence-electron chi connectivity index (χ3n) is 6.23. The van der Waals surface area contributed by atoms with Crippen molar-refractivity contribution in [1.82, 2.24) is 5.32 Å². The van der Waals surface area contributed by atoms with Crippen molar-refractivity contribution in [1.29, 1.82) is 0 Å². The molecule has 8 heteroatoms. The predicted molar refractivity (Wildman–Crippen MR) is 147 cm³/mol. The Morgan fingerprint density at radius 1 is 0.921 bits per heavy atom. The van der Waals surface area contributed by atoms with Crippen LogP contribution in [0.3, 0.4) is 0 Å². The Morgan fingerprint density at radius 3 is 2.32 bits per heavy atom. The van der Waals surface area contributed by atoms with E-state index in [1.165, 1.54) is 0 Å². The highest BCUT2D eigenvalue weighted by atomic mass is 16.5. The molecule has 198 valence electrons. The summed E-state index contributed by atoms with van der Waals surface area (Å²) in [6.45, 7) is 5.79. The Hall–Kier alpha value is -4.33. The number of para-hydroxylation sites is 1. The second-order valence-corrected chi connectivity index (χ2v) is 9.04. The number of carbonyl (C=O) groups excluding carboxylic acids is 3. The minimum Gasteiger partial charge on any atom is -0.494 e. The molecule has 0 radical (unpaired) electrons. The lowest BCUT2D eigenvalue weighted by atomic mass is 10.1. The first-order valence-corrected chi connectivity index (χ1v) is 12.9. The molecule has 0 aromatic heterocycles. The van der Waals surface area contributed by atoms with Gasteiger partial charge in [0.15, 0.2) is 0 Å². The number of ether oxygens (including phenoxy) is 2. The zero-order valence-corrected chi connectivity index (χ0v) is 21.7. The van der Waals surface area contributed by atoms with E-state index < -0.39 is 5.92 Å². The zero-order chi connectivity index (χ0) is 26.9. The SMILES string of the molecule is CCCOc1ccc(N2C[C@@H](C(=O)Nc3ccccc3C(=O)NCc3ccc(OCC)cc3)CC2=O)cc1. The van der Waals surface area contributed by atoms with Gasteiger partial charge in [0.25, 0.3) is 5.91 Å². The van der Waals surface area contributed by atoms with Gasteiger partial charge in [-0.05, 0) is 67.4 Å². The van der Waals surface area contributed by atoms with Crippen LogP contribution in [-0.4, -0.2) is 37.5 Å². The molecule has 1 heterocycles. The fraction of sp³-hybridized carbons (Fsp3) is 0.300. The van der Waals surface area contributed by atoms with Gasteiger partial charge in [0.05, 0.1) is 30.4 Å². The maximum Gasteiger partial charge on any atom is 0.253 e. The van der Waals surface area contributed by atoms with Crippen LogP contribution >= 0.6 is 0 Å². The van der Waals surface area contributed by atoms with Crippen LogP contribution in [0.25, 0.3) is 0 Å². The van der Waals surface area contributed by atoms with E-state index in [-0.39, 0.29) is 30.7 Å². The number of hydrogen-bond donors (Lipinski definition) is 2. The lowest BCUT2D eigenvalue weighted by Gasteiger charge is -2.18. The van der Waals surface area contributed by atoms with Crippen molar-refractivity contribution in [2.75, 3.05) is 30.0 Å². The lowest BCUT2D eigenvalue weighted by Crippen LogP contribution is -2.29. The molecule has 4 rings (SSSR count). The van der Waals surface area contributed by atoms with Gasteiger partial charge in [0, 0.05) is 25.2 Å². The smallest absolute Gasteiger partial charge is 0.253 e. The van der Waals surface area contributed by atoms with E-state index in [1.54, 1.807) is 29.2 Å². The summed E-state index contributed by atoms with van der Waals surface area (Å²) in [4.78, 5) is 40.3. The van der Waals surface area contributed by atoms with Gasteiger partial charge in [-0.1, -0.05) is 31.2 Å². The van der Waals surface area contributed by atoms with Gasteiger partial charge >= 0.3 is 0 Å². The number of amides is 3. The van der Waals surface area contributed by atoms with Gasteiger partial charge in [-0.25, -0.2) is 0 Å². The number of nitrogens with zero attached hydrogens (tertiary/aromatic N) is 1. The van der Waals surface area contributed by atoms with Crippen molar-refractivity contribution in [2.24, 2.45) is 5.92 Å². The van der Waals surface area contributed by atoms with Crippen molar-refractivity contribution < 1.29 is 23.9 Å². The van der Waals surface area contributed by atoms with Crippen LogP contribution in [0.4, 0.5) is 11.4 Å². The third kappa shape index (κ3) is 6.70. The van der Waals surface area contributed by atoms with E-state index in [1.807, 2.05) is 62.4 Å².